The highest BCUT2D eigenvalue weighted by atomic mass is 32.2. The molecule has 0 unspecified atom stereocenters. The fourth-order valence-electron chi connectivity index (χ4n) is 3.19. The van der Waals surface area contributed by atoms with Gasteiger partial charge in [0, 0.05) is 5.75 Å². The van der Waals surface area contributed by atoms with Gasteiger partial charge in [0.2, 0.25) is 0 Å². The Kier molecular flexibility index (Phi) is 6.00. The zero-order chi connectivity index (χ0) is 20.9. The molecule has 1 aromatic heterocycles. The van der Waals surface area contributed by atoms with Crippen LogP contribution in [0.1, 0.15) is 18.1 Å². The van der Waals surface area contributed by atoms with Crippen molar-refractivity contribution in [3.05, 3.63) is 101 Å². The van der Waals surface area contributed by atoms with Crippen molar-refractivity contribution >= 4 is 28.7 Å². The van der Waals surface area contributed by atoms with E-state index in [4.69, 9.17) is 9.72 Å². The number of thioether (sulfide) groups is 1. The summed E-state index contributed by atoms with van der Waals surface area (Å²) in [5, 5.41) is 1.27. The Morgan fingerprint density at radius 3 is 2.47 bits per heavy atom. The lowest BCUT2D eigenvalue weighted by atomic mass is 10.1. The van der Waals surface area contributed by atoms with Crippen molar-refractivity contribution in [2.75, 3.05) is 6.61 Å². The minimum absolute atomic E-state index is 0.0748. The third kappa shape index (κ3) is 4.16. The molecule has 150 valence electrons. The minimum Gasteiger partial charge on any atom is -0.494 e. The van der Waals surface area contributed by atoms with E-state index in [0.717, 1.165) is 22.6 Å². The summed E-state index contributed by atoms with van der Waals surface area (Å²) in [4.78, 5) is 18.1. The third-order valence-electron chi connectivity index (χ3n) is 4.73. The SMILES string of the molecule is C=Cc1ccc(CSc2nc3ccccc3c(=O)n2-c2ccc(OCC)cc2)cc1. The van der Waals surface area contributed by atoms with E-state index in [9.17, 15) is 4.79 Å². The predicted octanol–water partition coefficient (Wildman–Crippen LogP) is 5.72. The van der Waals surface area contributed by atoms with Crippen LogP contribution in [0.2, 0.25) is 0 Å². The summed E-state index contributed by atoms with van der Waals surface area (Å²) < 4.78 is 7.22. The molecule has 0 amide bonds. The molecule has 0 aliphatic heterocycles. The number of hydrogen-bond donors (Lipinski definition) is 0. The molecule has 30 heavy (non-hydrogen) atoms. The molecule has 0 aliphatic rings. The molecule has 4 rings (SSSR count). The largest absolute Gasteiger partial charge is 0.494 e. The Hall–Kier alpha value is -3.31. The van der Waals surface area contributed by atoms with Crippen molar-refractivity contribution in [3.8, 4) is 11.4 Å². The zero-order valence-corrected chi connectivity index (χ0v) is 17.6. The summed E-state index contributed by atoms with van der Waals surface area (Å²) >= 11 is 1.55. The van der Waals surface area contributed by atoms with Gasteiger partial charge in [-0.2, -0.15) is 0 Å². The Morgan fingerprint density at radius 1 is 1.03 bits per heavy atom. The molecular formula is C25H22N2O2S. The Bertz CT molecular complexity index is 1230. The van der Waals surface area contributed by atoms with E-state index in [1.54, 1.807) is 16.3 Å². The second-order valence-corrected chi connectivity index (χ2v) is 7.66. The number of rotatable bonds is 7. The monoisotopic (exact) mass is 414 g/mol. The molecule has 0 bridgehead atoms. The zero-order valence-electron chi connectivity index (χ0n) is 16.7. The second-order valence-electron chi connectivity index (χ2n) is 6.71. The normalized spacial score (nSPS) is 10.8. The second kappa shape index (κ2) is 9.01. The first-order valence-electron chi connectivity index (χ1n) is 9.79. The van der Waals surface area contributed by atoms with Crippen LogP contribution >= 0.6 is 11.8 Å². The van der Waals surface area contributed by atoms with E-state index in [0.29, 0.717) is 28.4 Å². The predicted molar refractivity (Wildman–Crippen MR) is 125 cm³/mol. The summed E-state index contributed by atoms with van der Waals surface area (Å²) in [6.45, 7) is 6.34. The van der Waals surface area contributed by atoms with Crippen LogP contribution in [-0.4, -0.2) is 16.2 Å². The fraction of sp³-hybridized carbons (Fsp3) is 0.120. The van der Waals surface area contributed by atoms with E-state index in [1.807, 2.05) is 73.7 Å². The highest BCUT2D eigenvalue weighted by Crippen LogP contribution is 2.26. The number of nitrogens with zero attached hydrogens (tertiary/aromatic N) is 2. The lowest BCUT2D eigenvalue weighted by Gasteiger charge is -2.14. The quantitative estimate of drug-likeness (QED) is 0.287. The van der Waals surface area contributed by atoms with E-state index in [-0.39, 0.29) is 5.56 Å². The van der Waals surface area contributed by atoms with Gasteiger partial charge in [-0.3, -0.25) is 9.36 Å². The van der Waals surface area contributed by atoms with Crippen molar-refractivity contribution in [2.45, 2.75) is 17.8 Å². The Labute approximate surface area is 179 Å². The maximum atomic E-state index is 13.3. The molecule has 0 radical (unpaired) electrons. The number of aromatic nitrogens is 2. The maximum absolute atomic E-state index is 13.3. The van der Waals surface area contributed by atoms with Crippen molar-refractivity contribution < 1.29 is 4.74 Å². The van der Waals surface area contributed by atoms with E-state index >= 15 is 0 Å². The summed E-state index contributed by atoms with van der Waals surface area (Å²) in [6.07, 6.45) is 1.82. The number of para-hydroxylation sites is 1. The Balaban J connectivity index is 1.75. The molecule has 0 aliphatic carbocycles. The smallest absolute Gasteiger partial charge is 0.266 e. The average molecular weight is 415 g/mol. The molecule has 4 nitrogen and oxygen atoms in total. The molecule has 0 N–H and O–H groups in total. The molecular weight excluding hydrogens is 392 g/mol. The van der Waals surface area contributed by atoms with Gasteiger partial charge < -0.3 is 4.74 Å². The number of hydrogen-bond acceptors (Lipinski definition) is 4. The lowest BCUT2D eigenvalue weighted by Crippen LogP contribution is -2.21. The molecule has 3 aromatic carbocycles. The van der Waals surface area contributed by atoms with E-state index < -0.39 is 0 Å². The van der Waals surface area contributed by atoms with Crippen LogP contribution < -0.4 is 10.3 Å². The van der Waals surface area contributed by atoms with Gasteiger partial charge in [0.15, 0.2) is 5.16 Å². The van der Waals surface area contributed by atoms with Gasteiger partial charge >= 0.3 is 0 Å². The van der Waals surface area contributed by atoms with Gasteiger partial charge in [0.05, 0.1) is 23.2 Å². The van der Waals surface area contributed by atoms with Crippen LogP contribution in [0.15, 0.2) is 89.3 Å². The van der Waals surface area contributed by atoms with Crippen molar-refractivity contribution in [1.29, 1.82) is 0 Å². The van der Waals surface area contributed by atoms with Gasteiger partial charge in [-0.15, -0.1) is 0 Å². The molecule has 0 fully saturated rings. The molecule has 0 atom stereocenters. The summed E-state index contributed by atoms with van der Waals surface area (Å²) in [5.74, 6) is 1.48. The van der Waals surface area contributed by atoms with Crippen LogP contribution in [0.25, 0.3) is 22.7 Å². The van der Waals surface area contributed by atoms with Crippen molar-refractivity contribution in [1.82, 2.24) is 9.55 Å². The topological polar surface area (TPSA) is 44.1 Å². The van der Waals surface area contributed by atoms with Gasteiger partial charge in [-0.05, 0) is 54.4 Å². The standard InChI is InChI=1S/C25H22N2O2S/c1-3-18-9-11-19(12-10-18)17-30-25-26-23-8-6-5-7-22(23)24(28)27(25)20-13-15-21(16-14-20)29-4-2/h3,5-16H,1,4,17H2,2H3. The number of fused-ring (bicyclic) bond motifs is 1. The average Bonchev–Trinajstić information content (AvgIpc) is 2.79. The molecule has 0 saturated carbocycles. The van der Waals surface area contributed by atoms with Gasteiger partial charge in [0.25, 0.3) is 5.56 Å². The number of benzene rings is 3. The summed E-state index contributed by atoms with van der Waals surface area (Å²) in [7, 11) is 0. The van der Waals surface area contributed by atoms with Gasteiger partial charge in [-0.1, -0.05) is 60.8 Å². The summed E-state index contributed by atoms with van der Waals surface area (Å²) in [6, 6.07) is 23.2. The van der Waals surface area contributed by atoms with Crippen LogP contribution in [0.4, 0.5) is 0 Å². The van der Waals surface area contributed by atoms with Gasteiger partial charge in [-0.25, -0.2) is 4.98 Å². The number of ether oxygens (including phenoxy) is 1. The van der Waals surface area contributed by atoms with Crippen LogP contribution in [-0.2, 0) is 5.75 Å². The fourth-order valence-corrected chi connectivity index (χ4v) is 4.16. The van der Waals surface area contributed by atoms with Crippen molar-refractivity contribution in [2.24, 2.45) is 0 Å². The first-order valence-corrected chi connectivity index (χ1v) is 10.8. The lowest BCUT2D eigenvalue weighted by molar-refractivity contribution is 0.340. The Morgan fingerprint density at radius 2 is 1.77 bits per heavy atom. The van der Waals surface area contributed by atoms with Gasteiger partial charge in [0.1, 0.15) is 5.75 Å². The first kappa shape index (κ1) is 20.0. The van der Waals surface area contributed by atoms with Crippen molar-refractivity contribution in [3.63, 3.8) is 0 Å². The third-order valence-corrected chi connectivity index (χ3v) is 5.74. The molecule has 0 saturated heterocycles. The highest BCUT2D eigenvalue weighted by molar-refractivity contribution is 7.98. The molecule has 1 heterocycles. The van der Waals surface area contributed by atoms with Crippen LogP contribution in [0, 0.1) is 0 Å². The highest BCUT2D eigenvalue weighted by Gasteiger charge is 2.13. The molecule has 4 aromatic rings. The van der Waals surface area contributed by atoms with E-state index in [1.165, 1.54) is 0 Å². The minimum atomic E-state index is -0.0748. The van der Waals surface area contributed by atoms with Crippen LogP contribution in [0.3, 0.4) is 0 Å². The van der Waals surface area contributed by atoms with Crippen LogP contribution in [0.5, 0.6) is 5.75 Å². The summed E-state index contributed by atoms with van der Waals surface area (Å²) in [5.41, 5.74) is 3.64. The maximum Gasteiger partial charge on any atom is 0.266 e. The molecule has 0 spiro atoms. The van der Waals surface area contributed by atoms with E-state index in [2.05, 4.69) is 18.7 Å². The molecule has 5 heteroatoms. The first-order chi connectivity index (χ1) is 14.7.